The third-order valence-electron chi connectivity index (χ3n) is 4.47. The first-order valence-electron chi connectivity index (χ1n) is 8.22. The van der Waals surface area contributed by atoms with Crippen LogP contribution in [0.1, 0.15) is 42.6 Å². The van der Waals surface area contributed by atoms with Gasteiger partial charge in [0.15, 0.2) is 5.57 Å². The van der Waals surface area contributed by atoms with Crippen molar-refractivity contribution in [3.63, 3.8) is 0 Å². The lowest BCUT2D eigenvalue weighted by molar-refractivity contribution is -0.222. The van der Waals surface area contributed by atoms with Gasteiger partial charge in [0.05, 0.1) is 0 Å². The van der Waals surface area contributed by atoms with Gasteiger partial charge in [0.25, 0.3) is 11.7 Å². The average Bonchev–Trinajstić information content (AvgIpc) is 3.30. The molecule has 1 aliphatic carbocycles. The fraction of sp³-hybridized carbons (Fsp3) is 0.389. The van der Waals surface area contributed by atoms with Gasteiger partial charge in [-0.25, -0.2) is 9.59 Å². The number of amides is 1. The van der Waals surface area contributed by atoms with Gasteiger partial charge in [-0.1, -0.05) is 6.07 Å². The van der Waals surface area contributed by atoms with Crippen molar-refractivity contribution < 1.29 is 23.9 Å². The third kappa shape index (κ3) is 2.75. The summed E-state index contributed by atoms with van der Waals surface area (Å²) in [6.45, 7) is 3.53. The molecule has 0 radical (unpaired) electrons. The number of benzene rings is 1. The Morgan fingerprint density at radius 1 is 1.16 bits per heavy atom. The number of hydrogen-bond donors (Lipinski definition) is 1. The summed E-state index contributed by atoms with van der Waals surface area (Å²) in [5.41, 5.74) is 2.01. The molecule has 1 amide bonds. The lowest BCUT2D eigenvalue weighted by Crippen LogP contribution is -2.42. The molecule has 0 atom stereocenters. The smallest absolute Gasteiger partial charge is 0.350 e. The summed E-state index contributed by atoms with van der Waals surface area (Å²) < 4.78 is 10.1. The lowest BCUT2D eigenvalue weighted by Gasteiger charge is -2.29. The van der Waals surface area contributed by atoms with E-state index >= 15 is 0 Å². The molecular weight excluding hydrogens is 324 g/mol. The number of esters is 2. The van der Waals surface area contributed by atoms with Gasteiger partial charge in [0.1, 0.15) is 0 Å². The van der Waals surface area contributed by atoms with Crippen LogP contribution in [0.5, 0.6) is 0 Å². The maximum atomic E-state index is 12.4. The minimum absolute atomic E-state index is 0.0343. The van der Waals surface area contributed by atoms with Crippen LogP contribution in [0.4, 0.5) is 5.69 Å². The van der Waals surface area contributed by atoms with Crippen LogP contribution in [0.15, 0.2) is 30.0 Å². The normalized spacial score (nSPS) is 21.6. The molecule has 2 heterocycles. The first-order chi connectivity index (χ1) is 11.9. The summed E-state index contributed by atoms with van der Waals surface area (Å²) >= 11 is 0. The molecule has 4 rings (SSSR count). The lowest BCUT2D eigenvalue weighted by atomic mass is 10.1. The van der Waals surface area contributed by atoms with E-state index in [1.54, 1.807) is 12.1 Å². The molecule has 2 fully saturated rings. The molecule has 1 N–H and O–H groups in total. The van der Waals surface area contributed by atoms with Crippen LogP contribution in [0.2, 0.25) is 0 Å². The van der Waals surface area contributed by atoms with Gasteiger partial charge in [-0.2, -0.15) is 0 Å². The van der Waals surface area contributed by atoms with E-state index < -0.39 is 17.7 Å². The molecule has 1 saturated carbocycles. The standard InChI is InChI=1S/C18H18N2O5/c1-18(2)24-16(22)12(17(23)25-18)8-19-14-5-3-4-11-13(14)9-20(15(11)21)10-6-7-10/h3-5,8,10,19H,6-7,9H2,1-2H3. The Bertz CT molecular complexity index is 801. The van der Waals surface area contributed by atoms with Crippen LogP contribution in [0, 0.1) is 0 Å². The molecule has 1 aromatic carbocycles. The predicted molar refractivity (Wildman–Crippen MR) is 87.3 cm³/mol. The minimum atomic E-state index is -1.27. The number of ether oxygens (including phenoxy) is 2. The molecule has 130 valence electrons. The van der Waals surface area contributed by atoms with Crippen molar-refractivity contribution in [2.75, 3.05) is 5.32 Å². The average molecular weight is 342 g/mol. The van der Waals surface area contributed by atoms with Crippen molar-refractivity contribution in [3.8, 4) is 0 Å². The maximum Gasteiger partial charge on any atom is 0.350 e. The second kappa shape index (κ2) is 5.34. The van der Waals surface area contributed by atoms with Crippen molar-refractivity contribution >= 4 is 23.5 Å². The van der Waals surface area contributed by atoms with Crippen LogP contribution in [0.25, 0.3) is 0 Å². The summed E-state index contributed by atoms with van der Waals surface area (Å²) in [7, 11) is 0. The van der Waals surface area contributed by atoms with Crippen molar-refractivity contribution in [2.45, 2.75) is 45.1 Å². The second-order valence-electron chi connectivity index (χ2n) is 6.88. The number of anilines is 1. The highest BCUT2D eigenvalue weighted by Gasteiger charge is 2.40. The van der Waals surface area contributed by atoms with E-state index in [-0.39, 0.29) is 11.5 Å². The van der Waals surface area contributed by atoms with Crippen LogP contribution < -0.4 is 5.32 Å². The molecule has 0 aromatic heterocycles. The van der Waals surface area contributed by atoms with Gasteiger partial charge in [0.2, 0.25) is 0 Å². The van der Waals surface area contributed by atoms with Crippen molar-refractivity contribution in [3.05, 3.63) is 41.1 Å². The first-order valence-corrected chi connectivity index (χ1v) is 8.22. The molecular formula is C18H18N2O5. The SMILES string of the molecule is CC1(C)OC(=O)C(=CNc2cccc3c2CN(C2CC2)C3=O)C(=O)O1. The molecule has 7 heteroatoms. The van der Waals surface area contributed by atoms with Crippen LogP contribution in [0.3, 0.4) is 0 Å². The molecule has 25 heavy (non-hydrogen) atoms. The number of nitrogens with one attached hydrogen (secondary N) is 1. The fourth-order valence-electron chi connectivity index (χ4n) is 3.10. The van der Waals surface area contributed by atoms with E-state index in [9.17, 15) is 14.4 Å². The van der Waals surface area contributed by atoms with E-state index in [0.717, 1.165) is 18.4 Å². The van der Waals surface area contributed by atoms with E-state index in [4.69, 9.17) is 9.47 Å². The molecule has 1 aromatic rings. The molecule has 2 aliphatic heterocycles. The van der Waals surface area contributed by atoms with E-state index in [1.165, 1.54) is 20.0 Å². The number of fused-ring (bicyclic) bond motifs is 1. The maximum absolute atomic E-state index is 12.4. The van der Waals surface area contributed by atoms with Crippen LogP contribution >= 0.6 is 0 Å². The van der Waals surface area contributed by atoms with Gasteiger partial charge in [-0.05, 0) is 25.0 Å². The Morgan fingerprint density at radius 2 is 1.84 bits per heavy atom. The zero-order valence-corrected chi connectivity index (χ0v) is 14.0. The summed E-state index contributed by atoms with van der Waals surface area (Å²) in [5.74, 6) is -2.71. The minimum Gasteiger partial charge on any atom is -0.419 e. The molecule has 3 aliphatic rings. The molecule has 0 bridgehead atoms. The Kier molecular flexibility index (Phi) is 3.35. The highest BCUT2D eigenvalue weighted by molar-refractivity contribution is 6.15. The number of cyclic esters (lactones) is 2. The first kappa shape index (κ1) is 15.7. The van der Waals surface area contributed by atoms with E-state index in [1.807, 2.05) is 11.0 Å². The monoisotopic (exact) mass is 342 g/mol. The Labute approximate surface area is 144 Å². The number of rotatable bonds is 3. The van der Waals surface area contributed by atoms with Gasteiger partial charge in [-0.3, -0.25) is 4.79 Å². The zero-order chi connectivity index (χ0) is 17.8. The van der Waals surface area contributed by atoms with Crippen molar-refractivity contribution in [1.29, 1.82) is 0 Å². The van der Waals surface area contributed by atoms with Gasteiger partial charge in [-0.15, -0.1) is 0 Å². The fourth-order valence-corrected chi connectivity index (χ4v) is 3.10. The van der Waals surface area contributed by atoms with Crippen molar-refractivity contribution in [1.82, 2.24) is 4.90 Å². The molecule has 7 nitrogen and oxygen atoms in total. The largest absolute Gasteiger partial charge is 0.419 e. The molecule has 1 saturated heterocycles. The Hall–Kier alpha value is -2.83. The summed E-state index contributed by atoms with van der Waals surface area (Å²) in [6, 6.07) is 5.71. The number of carbonyl (C=O) groups is 3. The highest BCUT2D eigenvalue weighted by atomic mass is 16.7. The second-order valence-corrected chi connectivity index (χ2v) is 6.88. The van der Waals surface area contributed by atoms with Crippen LogP contribution in [-0.4, -0.2) is 34.6 Å². The summed E-state index contributed by atoms with van der Waals surface area (Å²) in [6.07, 6.45) is 3.36. The van der Waals surface area contributed by atoms with Crippen molar-refractivity contribution in [2.24, 2.45) is 0 Å². The van der Waals surface area contributed by atoms with Gasteiger partial charge >= 0.3 is 11.9 Å². The van der Waals surface area contributed by atoms with E-state index in [0.29, 0.717) is 23.8 Å². The highest BCUT2D eigenvalue weighted by Crippen LogP contribution is 2.37. The molecule has 0 spiro atoms. The Balaban J connectivity index is 1.58. The topological polar surface area (TPSA) is 84.9 Å². The predicted octanol–water partition coefficient (Wildman–Crippen LogP) is 1.94. The third-order valence-corrected chi connectivity index (χ3v) is 4.47. The van der Waals surface area contributed by atoms with Gasteiger partial charge < -0.3 is 19.7 Å². The number of nitrogens with zero attached hydrogens (tertiary/aromatic N) is 1. The quantitative estimate of drug-likeness (QED) is 0.513. The van der Waals surface area contributed by atoms with E-state index in [2.05, 4.69) is 5.32 Å². The van der Waals surface area contributed by atoms with Gasteiger partial charge in [0, 0.05) is 49.4 Å². The van der Waals surface area contributed by atoms with Crippen LogP contribution in [-0.2, 0) is 25.6 Å². The summed E-state index contributed by atoms with van der Waals surface area (Å²) in [4.78, 5) is 38.3. The number of carbonyl (C=O) groups excluding carboxylic acids is 3. The Morgan fingerprint density at radius 3 is 2.48 bits per heavy atom. The zero-order valence-electron chi connectivity index (χ0n) is 14.0. The number of hydrogen-bond acceptors (Lipinski definition) is 6. The summed E-state index contributed by atoms with van der Waals surface area (Å²) in [5, 5.41) is 2.96. The molecule has 0 unspecified atom stereocenters.